The van der Waals surface area contributed by atoms with Crippen LogP contribution in [0, 0.1) is 5.92 Å². The number of hydrogen-bond donors (Lipinski definition) is 2. The summed E-state index contributed by atoms with van der Waals surface area (Å²) in [5, 5.41) is 2.48. The van der Waals surface area contributed by atoms with Gasteiger partial charge in [0.15, 0.2) is 10.8 Å². The van der Waals surface area contributed by atoms with Crippen molar-refractivity contribution in [3.8, 4) is 0 Å². The van der Waals surface area contributed by atoms with Gasteiger partial charge in [0, 0.05) is 12.6 Å². The molecule has 9 nitrogen and oxygen atoms in total. The van der Waals surface area contributed by atoms with Crippen molar-refractivity contribution >= 4 is 27.6 Å². The number of nitrogens with one attached hydrogen (secondary N) is 1. The largest absolute Gasteiger partial charge is 0.368 e. The van der Waals surface area contributed by atoms with E-state index in [4.69, 9.17) is 5.73 Å². The van der Waals surface area contributed by atoms with E-state index < -0.39 is 39.7 Å². The lowest BCUT2D eigenvalue weighted by molar-refractivity contribution is -0.134. The number of sulfonamides is 1. The average Bonchev–Trinajstić information content (AvgIpc) is 2.96. The summed E-state index contributed by atoms with van der Waals surface area (Å²) in [6, 6.07) is 2.47. The van der Waals surface area contributed by atoms with E-state index in [0.717, 1.165) is 25.7 Å². The predicted molar refractivity (Wildman–Crippen MR) is 113 cm³/mol. The Bertz CT molecular complexity index is 900. The average molecular weight is 451 g/mol. The molecule has 3 rings (SSSR count). The summed E-state index contributed by atoms with van der Waals surface area (Å²) < 4.78 is 27.5. The summed E-state index contributed by atoms with van der Waals surface area (Å²) in [7, 11) is -4.33. The van der Waals surface area contributed by atoms with Gasteiger partial charge in [-0.2, -0.15) is 8.42 Å². The molecule has 2 fully saturated rings. The van der Waals surface area contributed by atoms with Crippen LogP contribution in [0.4, 0.5) is 0 Å². The topological polar surface area (TPSA) is 140 Å². The monoisotopic (exact) mass is 450 g/mol. The first-order valence-electron chi connectivity index (χ1n) is 10.8. The van der Waals surface area contributed by atoms with Crippen LogP contribution in [0.2, 0.25) is 0 Å². The first-order chi connectivity index (χ1) is 14.8. The molecule has 2 aliphatic rings. The lowest BCUT2D eigenvalue weighted by atomic mass is 9.86. The molecule has 0 radical (unpaired) electrons. The number of rotatable bonds is 7. The molecule has 0 unspecified atom stereocenters. The molecule has 2 atom stereocenters. The Morgan fingerprint density at radius 1 is 1.13 bits per heavy atom. The second-order valence-corrected chi connectivity index (χ2v) is 10.1. The highest BCUT2D eigenvalue weighted by Crippen LogP contribution is 2.29. The van der Waals surface area contributed by atoms with E-state index in [0.29, 0.717) is 16.6 Å². The number of ketones is 1. The molecular formula is C21H30N4O5S. The van der Waals surface area contributed by atoms with Crippen molar-refractivity contribution in [2.45, 2.75) is 74.9 Å². The number of carbonyl (C=O) groups excluding carboxylic acids is 3. The predicted octanol–water partition coefficient (Wildman–Crippen LogP) is 1.13. The molecule has 0 bridgehead atoms. The van der Waals surface area contributed by atoms with Crippen molar-refractivity contribution in [2.75, 3.05) is 6.54 Å². The fourth-order valence-electron chi connectivity index (χ4n) is 4.41. The van der Waals surface area contributed by atoms with Gasteiger partial charge in [-0.3, -0.25) is 19.7 Å². The summed E-state index contributed by atoms with van der Waals surface area (Å²) in [5.74, 6) is -1.29. The Labute approximate surface area is 182 Å². The standard InChI is InChI=1S/C21H30N4O5S/c22-21(28)16-10-11-17(18(26)14-24-16)25(31(29,30)19-8-4-5-13-23-19)20(27)12-9-15-6-2-1-3-7-15/h4-5,8,13,15-17,24H,1-3,6-7,9-12,14H2,(H2,22,28)/t16-,17+/m0/s1. The first-order valence-corrected chi connectivity index (χ1v) is 12.3. The lowest BCUT2D eigenvalue weighted by Gasteiger charge is -2.30. The number of primary amides is 1. The van der Waals surface area contributed by atoms with Gasteiger partial charge in [0.25, 0.3) is 10.0 Å². The smallest absolute Gasteiger partial charge is 0.284 e. The molecule has 1 aliphatic heterocycles. The molecule has 2 heterocycles. The van der Waals surface area contributed by atoms with Crippen LogP contribution in [0.1, 0.15) is 57.8 Å². The zero-order chi connectivity index (χ0) is 22.4. The van der Waals surface area contributed by atoms with E-state index in [1.165, 1.54) is 24.8 Å². The SMILES string of the molecule is NC(=O)[C@@H]1CC[C@@H](N(C(=O)CCC2CCCCC2)S(=O)(=O)c2ccccn2)C(=O)CN1. The van der Waals surface area contributed by atoms with Gasteiger partial charge in [0.1, 0.15) is 6.04 Å². The molecule has 1 aliphatic carbocycles. The molecule has 1 aromatic rings. The Balaban J connectivity index is 1.87. The maximum absolute atomic E-state index is 13.4. The maximum atomic E-state index is 13.4. The number of amides is 2. The highest BCUT2D eigenvalue weighted by molar-refractivity contribution is 7.89. The molecule has 1 aromatic heterocycles. The molecule has 1 saturated carbocycles. The molecule has 0 aromatic carbocycles. The van der Waals surface area contributed by atoms with Crippen LogP contribution in [0.5, 0.6) is 0 Å². The Kier molecular flexibility index (Phi) is 7.77. The molecule has 31 heavy (non-hydrogen) atoms. The van der Waals surface area contributed by atoms with E-state index in [1.54, 1.807) is 6.07 Å². The quantitative estimate of drug-likeness (QED) is 0.635. The Morgan fingerprint density at radius 2 is 1.87 bits per heavy atom. The highest BCUT2D eigenvalue weighted by atomic mass is 32.2. The summed E-state index contributed by atoms with van der Waals surface area (Å²) in [6.45, 7) is -0.234. The summed E-state index contributed by atoms with van der Waals surface area (Å²) in [4.78, 5) is 41.5. The van der Waals surface area contributed by atoms with Crippen molar-refractivity contribution in [2.24, 2.45) is 11.7 Å². The first kappa shape index (κ1) is 23.3. The van der Waals surface area contributed by atoms with Crippen molar-refractivity contribution in [3.05, 3.63) is 24.4 Å². The third-order valence-corrected chi connectivity index (χ3v) is 7.89. The van der Waals surface area contributed by atoms with E-state index in [9.17, 15) is 22.8 Å². The molecular weight excluding hydrogens is 420 g/mol. The molecule has 3 N–H and O–H groups in total. The van der Waals surface area contributed by atoms with Crippen LogP contribution >= 0.6 is 0 Å². The molecule has 2 amide bonds. The van der Waals surface area contributed by atoms with Gasteiger partial charge in [-0.25, -0.2) is 9.29 Å². The number of aromatic nitrogens is 1. The van der Waals surface area contributed by atoms with Crippen LogP contribution < -0.4 is 11.1 Å². The van der Waals surface area contributed by atoms with Crippen molar-refractivity contribution in [3.63, 3.8) is 0 Å². The van der Waals surface area contributed by atoms with Gasteiger partial charge >= 0.3 is 0 Å². The van der Waals surface area contributed by atoms with Gasteiger partial charge in [0.2, 0.25) is 11.8 Å². The van der Waals surface area contributed by atoms with Gasteiger partial charge in [-0.15, -0.1) is 0 Å². The fourth-order valence-corrected chi connectivity index (χ4v) is 5.97. The van der Waals surface area contributed by atoms with Gasteiger partial charge in [-0.1, -0.05) is 38.2 Å². The van der Waals surface area contributed by atoms with Crippen molar-refractivity contribution in [1.82, 2.24) is 14.6 Å². The third kappa shape index (κ3) is 5.68. The zero-order valence-electron chi connectivity index (χ0n) is 17.5. The number of carbonyl (C=O) groups is 3. The summed E-state index contributed by atoms with van der Waals surface area (Å²) in [5.41, 5.74) is 5.35. The Morgan fingerprint density at radius 3 is 2.52 bits per heavy atom. The van der Waals surface area contributed by atoms with Gasteiger partial charge in [-0.05, 0) is 37.3 Å². The number of pyridine rings is 1. The van der Waals surface area contributed by atoms with Gasteiger partial charge < -0.3 is 5.73 Å². The zero-order valence-corrected chi connectivity index (χ0v) is 18.4. The second kappa shape index (κ2) is 10.3. The summed E-state index contributed by atoms with van der Waals surface area (Å²) in [6.07, 6.45) is 7.66. The minimum atomic E-state index is -4.33. The fraction of sp³-hybridized carbons (Fsp3) is 0.619. The number of nitrogens with two attached hydrogens (primary N) is 1. The van der Waals surface area contributed by atoms with E-state index in [2.05, 4.69) is 10.3 Å². The van der Waals surface area contributed by atoms with Crippen LogP contribution in [0.25, 0.3) is 0 Å². The maximum Gasteiger partial charge on any atom is 0.284 e. The normalized spacial score (nSPS) is 23.2. The third-order valence-electron chi connectivity index (χ3n) is 6.15. The number of nitrogens with zero attached hydrogens (tertiary/aromatic N) is 2. The van der Waals surface area contributed by atoms with Crippen molar-refractivity contribution < 1.29 is 22.8 Å². The highest BCUT2D eigenvalue weighted by Gasteiger charge is 2.41. The minimum Gasteiger partial charge on any atom is -0.368 e. The van der Waals surface area contributed by atoms with Crippen LogP contribution in [-0.2, 0) is 24.4 Å². The lowest BCUT2D eigenvalue weighted by Crippen LogP contribution is -2.50. The van der Waals surface area contributed by atoms with Crippen LogP contribution in [-0.4, -0.2) is 53.9 Å². The number of Topliss-reactive ketones (excluding diaryl/α,β-unsaturated/α-hetero) is 1. The molecule has 0 spiro atoms. The van der Waals surface area contributed by atoms with E-state index >= 15 is 0 Å². The minimum absolute atomic E-state index is 0.0284. The summed E-state index contributed by atoms with van der Waals surface area (Å²) >= 11 is 0. The van der Waals surface area contributed by atoms with Crippen molar-refractivity contribution in [1.29, 1.82) is 0 Å². The molecule has 170 valence electrons. The van der Waals surface area contributed by atoms with Gasteiger partial charge in [0.05, 0.1) is 12.6 Å². The van der Waals surface area contributed by atoms with E-state index in [-0.39, 0.29) is 30.8 Å². The molecule has 1 saturated heterocycles. The van der Waals surface area contributed by atoms with Crippen LogP contribution in [0.15, 0.2) is 29.4 Å². The van der Waals surface area contributed by atoms with E-state index in [1.807, 2.05) is 0 Å². The Hall–Kier alpha value is -2.33. The van der Waals surface area contributed by atoms with Crippen LogP contribution in [0.3, 0.4) is 0 Å². The molecule has 10 heteroatoms. The number of hydrogen-bond acceptors (Lipinski definition) is 7. The second-order valence-electron chi connectivity index (χ2n) is 8.30.